The zero-order valence-corrected chi connectivity index (χ0v) is 19.2. The molecule has 0 bridgehead atoms. The summed E-state index contributed by atoms with van der Waals surface area (Å²) in [7, 11) is 0. The van der Waals surface area contributed by atoms with E-state index in [-0.39, 0.29) is 18.0 Å². The normalized spacial score (nSPS) is 11.5. The lowest BCUT2D eigenvalue weighted by Crippen LogP contribution is -2.20. The Morgan fingerprint density at radius 1 is 1.08 bits per heavy atom. The van der Waals surface area contributed by atoms with Gasteiger partial charge >= 0.3 is 6.18 Å². The van der Waals surface area contributed by atoms with E-state index in [0.717, 1.165) is 22.8 Å². The van der Waals surface area contributed by atoms with Crippen molar-refractivity contribution in [2.24, 2.45) is 5.10 Å². The van der Waals surface area contributed by atoms with E-state index < -0.39 is 34.7 Å². The maximum absolute atomic E-state index is 13.0. The van der Waals surface area contributed by atoms with Crippen LogP contribution in [0.5, 0.6) is 5.75 Å². The number of rotatable bonds is 8. The third kappa shape index (κ3) is 6.87. The number of nitro groups is 1. The van der Waals surface area contributed by atoms with E-state index in [1.54, 1.807) is 24.3 Å². The van der Waals surface area contributed by atoms with Crippen LogP contribution in [0.15, 0.2) is 59.7 Å². The fourth-order valence-corrected chi connectivity index (χ4v) is 3.47. The third-order valence-electron chi connectivity index (χ3n) is 5.14. The Morgan fingerprint density at radius 3 is 2.31 bits per heavy atom. The zero-order chi connectivity index (χ0) is 26.5. The van der Waals surface area contributed by atoms with Gasteiger partial charge < -0.3 is 4.74 Å². The summed E-state index contributed by atoms with van der Waals surface area (Å²) in [5.41, 5.74) is 3.11. The fraction of sp³-hybridized carbons (Fsp3) is 0.200. The first-order valence-corrected chi connectivity index (χ1v) is 10.6. The van der Waals surface area contributed by atoms with Crippen LogP contribution in [-0.2, 0) is 24.0 Å². The molecule has 11 heteroatoms. The molecule has 3 rings (SSSR count). The van der Waals surface area contributed by atoms with Gasteiger partial charge in [-0.05, 0) is 66.4 Å². The highest BCUT2D eigenvalue weighted by Crippen LogP contribution is 2.33. The Kier molecular flexibility index (Phi) is 8.03. The largest absolute Gasteiger partial charge is 0.488 e. The van der Waals surface area contributed by atoms with Gasteiger partial charge in [-0.2, -0.15) is 18.3 Å². The van der Waals surface area contributed by atoms with Crippen LogP contribution in [0, 0.1) is 29.8 Å². The summed E-state index contributed by atoms with van der Waals surface area (Å²) >= 11 is 0. The molecule has 0 aliphatic heterocycles. The van der Waals surface area contributed by atoms with E-state index in [0.29, 0.717) is 23.4 Å². The molecule has 0 aliphatic carbocycles. The summed E-state index contributed by atoms with van der Waals surface area (Å²) < 4.78 is 57.4. The predicted molar refractivity (Wildman–Crippen MR) is 124 cm³/mol. The van der Waals surface area contributed by atoms with E-state index in [4.69, 9.17) is 4.74 Å². The quantitative estimate of drug-likeness (QED) is 0.186. The molecular formula is C25H21F4N3O4. The molecule has 0 spiro atoms. The minimum atomic E-state index is -4.74. The van der Waals surface area contributed by atoms with Crippen LogP contribution >= 0.6 is 0 Å². The Bertz CT molecular complexity index is 1280. The average molecular weight is 503 g/mol. The van der Waals surface area contributed by atoms with Crippen molar-refractivity contribution in [2.45, 2.75) is 33.1 Å². The van der Waals surface area contributed by atoms with Crippen molar-refractivity contribution in [3.8, 4) is 5.75 Å². The molecular weight excluding hydrogens is 482 g/mol. The Balaban J connectivity index is 1.63. The van der Waals surface area contributed by atoms with Crippen LogP contribution in [0.4, 0.5) is 23.2 Å². The number of benzene rings is 3. The molecule has 0 saturated heterocycles. The van der Waals surface area contributed by atoms with Gasteiger partial charge in [-0.25, -0.2) is 9.82 Å². The number of carbonyl (C=O) groups is 1. The fourth-order valence-electron chi connectivity index (χ4n) is 3.47. The van der Waals surface area contributed by atoms with E-state index in [1.807, 2.05) is 13.8 Å². The minimum absolute atomic E-state index is 0.171. The molecule has 0 aromatic heterocycles. The smallest absolute Gasteiger partial charge is 0.416 e. The number of nitrogens with zero attached hydrogens (tertiary/aromatic N) is 2. The number of amides is 1. The summed E-state index contributed by atoms with van der Waals surface area (Å²) in [4.78, 5) is 22.4. The number of alkyl halides is 3. The molecule has 188 valence electrons. The molecule has 0 aliphatic rings. The zero-order valence-electron chi connectivity index (χ0n) is 19.2. The van der Waals surface area contributed by atoms with Crippen molar-refractivity contribution in [3.05, 3.63) is 104 Å². The van der Waals surface area contributed by atoms with Gasteiger partial charge in [0.15, 0.2) is 0 Å². The van der Waals surface area contributed by atoms with Gasteiger partial charge in [-0.15, -0.1) is 0 Å². The summed E-state index contributed by atoms with van der Waals surface area (Å²) in [6.45, 7) is 3.90. The highest BCUT2D eigenvalue weighted by Gasteiger charge is 2.33. The van der Waals surface area contributed by atoms with Crippen molar-refractivity contribution in [3.63, 3.8) is 0 Å². The second-order valence-electron chi connectivity index (χ2n) is 7.97. The molecule has 36 heavy (non-hydrogen) atoms. The van der Waals surface area contributed by atoms with Gasteiger partial charge in [0.05, 0.1) is 23.1 Å². The SMILES string of the molecule is Cc1cc(/C=N/NC(=O)Cc2ccc(C(F)(F)F)cc2[N+](=O)[O-])cc(C)c1OCc1ccc(F)cc1. The maximum atomic E-state index is 13.0. The monoisotopic (exact) mass is 503 g/mol. The molecule has 0 atom stereocenters. The van der Waals surface area contributed by atoms with Crippen LogP contribution in [0.2, 0.25) is 0 Å². The van der Waals surface area contributed by atoms with Gasteiger partial charge in [-0.1, -0.05) is 18.2 Å². The average Bonchev–Trinajstić information content (AvgIpc) is 2.79. The molecule has 3 aromatic rings. The van der Waals surface area contributed by atoms with Crippen LogP contribution in [0.25, 0.3) is 0 Å². The summed E-state index contributed by atoms with van der Waals surface area (Å²) in [5, 5.41) is 15.0. The summed E-state index contributed by atoms with van der Waals surface area (Å²) in [6.07, 6.45) is -3.91. The number of nitro benzene ring substituents is 1. The number of aryl methyl sites for hydroxylation is 2. The molecule has 7 nitrogen and oxygen atoms in total. The van der Waals surface area contributed by atoms with E-state index in [9.17, 15) is 32.5 Å². The lowest BCUT2D eigenvalue weighted by Gasteiger charge is -2.13. The van der Waals surface area contributed by atoms with Gasteiger partial charge in [0.1, 0.15) is 18.2 Å². The molecule has 1 amide bonds. The number of halogens is 4. The lowest BCUT2D eigenvalue weighted by molar-refractivity contribution is -0.385. The summed E-state index contributed by atoms with van der Waals surface area (Å²) in [6, 6.07) is 11.5. The van der Waals surface area contributed by atoms with E-state index in [1.165, 1.54) is 18.3 Å². The van der Waals surface area contributed by atoms with Gasteiger partial charge in [-0.3, -0.25) is 14.9 Å². The van der Waals surface area contributed by atoms with Crippen molar-refractivity contribution in [2.75, 3.05) is 0 Å². The van der Waals surface area contributed by atoms with Crippen molar-refractivity contribution >= 4 is 17.8 Å². The first kappa shape index (κ1) is 26.3. The standard InChI is InChI=1S/C25H21F4N3O4/c1-15-9-18(10-16(2)24(15)36-14-17-3-7-21(26)8-4-17)13-30-31-23(33)11-19-5-6-20(25(27,28)29)12-22(19)32(34)35/h3-10,12-13H,11,14H2,1-2H3,(H,31,33)/b30-13+. The second kappa shape index (κ2) is 11.0. The Morgan fingerprint density at radius 2 is 1.72 bits per heavy atom. The molecule has 0 saturated carbocycles. The van der Waals surface area contributed by atoms with Gasteiger partial charge in [0, 0.05) is 11.6 Å². The number of hydrazone groups is 1. The first-order chi connectivity index (χ1) is 16.9. The molecule has 0 radical (unpaired) electrons. The Labute approximate surface area is 203 Å². The molecule has 0 heterocycles. The summed E-state index contributed by atoms with van der Waals surface area (Å²) in [5.74, 6) is -0.420. The van der Waals surface area contributed by atoms with Gasteiger partial charge in [0.25, 0.3) is 5.69 Å². The number of hydrogen-bond donors (Lipinski definition) is 1. The topological polar surface area (TPSA) is 93.8 Å². The van der Waals surface area contributed by atoms with E-state index >= 15 is 0 Å². The lowest BCUT2D eigenvalue weighted by atomic mass is 10.1. The molecule has 1 N–H and O–H groups in total. The van der Waals surface area contributed by atoms with Crippen LogP contribution in [0.1, 0.15) is 33.4 Å². The Hall–Kier alpha value is -4.28. The first-order valence-electron chi connectivity index (χ1n) is 10.6. The van der Waals surface area contributed by atoms with Gasteiger partial charge in [0.2, 0.25) is 5.91 Å². The third-order valence-corrected chi connectivity index (χ3v) is 5.14. The highest BCUT2D eigenvalue weighted by molar-refractivity contribution is 5.84. The molecule has 0 unspecified atom stereocenters. The van der Waals surface area contributed by atoms with Crippen molar-refractivity contribution < 1.29 is 32.0 Å². The van der Waals surface area contributed by atoms with Crippen LogP contribution in [0.3, 0.4) is 0 Å². The maximum Gasteiger partial charge on any atom is 0.416 e. The van der Waals surface area contributed by atoms with Crippen molar-refractivity contribution in [1.29, 1.82) is 0 Å². The molecule has 3 aromatic carbocycles. The molecule has 0 fully saturated rings. The highest BCUT2D eigenvalue weighted by atomic mass is 19.4. The van der Waals surface area contributed by atoms with Crippen LogP contribution in [-0.4, -0.2) is 17.0 Å². The minimum Gasteiger partial charge on any atom is -0.488 e. The van der Waals surface area contributed by atoms with Crippen molar-refractivity contribution in [1.82, 2.24) is 5.43 Å². The van der Waals surface area contributed by atoms with Crippen LogP contribution < -0.4 is 10.2 Å². The number of carbonyl (C=O) groups excluding carboxylic acids is 1. The number of ether oxygens (including phenoxy) is 1. The van der Waals surface area contributed by atoms with E-state index in [2.05, 4.69) is 10.5 Å². The number of hydrogen-bond acceptors (Lipinski definition) is 5. The number of nitrogens with one attached hydrogen (secondary N) is 1. The predicted octanol–water partition coefficient (Wildman–Crippen LogP) is 5.64. The second-order valence-corrected chi connectivity index (χ2v) is 7.97.